The summed E-state index contributed by atoms with van der Waals surface area (Å²) in [6.07, 6.45) is 2.93. The predicted octanol–water partition coefficient (Wildman–Crippen LogP) is 3.67. The number of likely N-dealkylation sites (tertiary alicyclic amines) is 1. The van der Waals surface area contributed by atoms with Gasteiger partial charge in [0.2, 0.25) is 5.91 Å². The standard InChI is InChI=1S/C21H34N2O2/c1-16(2)15-23-11-9-18(10-12-23)14-22-21(24)13-17(3)19-5-7-20(25-4)8-6-19/h5-8,16-18H,9-15H2,1-4H3,(H,22,24). The summed E-state index contributed by atoms with van der Waals surface area (Å²) < 4.78 is 5.18. The highest BCUT2D eigenvalue weighted by atomic mass is 16.5. The summed E-state index contributed by atoms with van der Waals surface area (Å²) >= 11 is 0. The Kier molecular flexibility index (Phi) is 7.76. The number of piperidine rings is 1. The first-order valence-electron chi connectivity index (χ1n) is 9.61. The van der Waals surface area contributed by atoms with Crippen molar-refractivity contribution in [3.63, 3.8) is 0 Å². The zero-order chi connectivity index (χ0) is 18.2. The maximum Gasteiger partial charge on any atom is 0.220 e. The minimum atomic E-state index is 0.160. The highest BCUT2D eigenvalue weighted by Crippen LogP contribution is 2.22. The van der Waals surface area contributed by atoms with Crippen molar-refractivity contribution >= 4 is 5.91 Å². The molecule has 0 radical (unpaired) electrons. The molecule has 1 aliphatic heterocycles. The second-order valence-corrected chi connectivity index (χ2v) is 7.82. The van der Waals surface area contributed by atoms with Crippen LogP contribution in [-0.4, -0.2) is 44.1 Å². The van der Waals surface area contributed by atoms with Crippen molar-refractivity contribution in [3.8, 4) is 5.75 Å². The van der Waals surface area contributed by atoms with Crippen LogP contribution in [0.3, 0.4) is 0 Å². The maximum atomic E-state index is 12.3. The van der Waals surface area contributed by atoms with E-state index in [1.165, 1.54) is 38.0 Å². The largest absolute Gasteiger partial charge is 0.497 e. The van der Waals surface area contributed by atoms with Gasteiger partial charge < -0.3 is 15.0 Å². The lowest BCUT2D eigenvalue weighted by molar-refractivity contribution is -0.121. The monoisotopic (exact) mass is 346 g/mol. The van der Waals surface area contributed by atoms with Crippen molar-refractivity contribution in [2.45, 2.75) is 46.0 Å². The zero-order valence-corrected chi connectivity index (χ0v) is 16.3. The van der Waals surface area contributed by atoms with Crippen molar-refractivity contribution in [2.75, 3.05) is 33.3 Å². The molecule has 1 amide bonds. The molecule has 1 unspecified atom stereocenters. The van der Waals surface area contributed by atoms with E-state index in [2.05, 4.69) is 31.0 Å². The van der Waals surface area contributed by atoms with Crippen LogP contribution >= 0.6 is 0 Å². The van der Waals surface area contributed by atoms with Crippen LogP contribution in [0.15, 0.2) is 24.3 Å². The lowest BCUT2D eigenvalue weighted by atomic mass is 9.95. The fourth-order valence-electron chi connectivity index (χ4n) is 3.55. The van der Waals surface area contributed by atoms with Crippen LogP contribution in [0.1, 0.15) is 51.5 Å². The fourth-order valence-corrected chi connectivity index (χ4v) is 3.55. The molecule has 0 saturated carbocycles. The highest BCUT2D eigenvalue weighted by Gasteiger charge is 2.20. The van der Waals surface area contributed by atoms with Gasteiger partial charge in [-0.3, -0.25) is 4.79 Å². The molecule has 0 aliphatic carbocycles. The smallest absolute Gasteiger partial charge is 0.220 e. The number of carbonyl (C=O) groups is 1. The third-order valence-corrected chi connectivity index (χ3v) is 5.09. The van der Waals surface area contributed by atoms with Crippen LogP contribution < -0.4 is 10.1 Å². The van der Waals surface area contributed by atoms with Crippen molar-refractivity contribution in [3.05, 3.63) is 29.8 Å². The number of ether oxygens (including phenoxy) is 1. The fraction of sp³-hybridized carbons (Fsp3) is 0.667. The van der Waals surface area contributed by atoms with Gasteiger partial charge in [-0.1, -0.05) is 32.9 Å². The summed E-state index contributed by atoms with van der Waals surface area (Å²) in [6.45, 7) is 11.0. The van der Waals surface area contributed by atoms with E-state index in [9.17, 15) is 4.79 Å². The van der Waals surface area contributed by atoms with E-state index in [0.29, 0.717) is 12.3 Å². The van der Waals surface area contributed by atoms with Crippen LogP contribution in [0.2, 0.25) is 0 Å². The van der Waals surface area contributed by atoms with E-state index in [-0.39, 0.29) is 11.8 Å². The van der Waals surface area contributed by atoms with Crippen molar-refractivity contribution in [2.24, 2.45) is 11.8 Å². The third kappa shape index (κ3) is 6.69. The maximum absolute atomic E-state index is 12.3. The third-order valence-electron chi connectivity index (χ3n) is 5.09. The second-order valence-electron chi connectivity index (χ2n) is 7.82. The molecule has 0 spiro atoms. The molecule has 1 atom stereocenters. The van der Waals surface area contributed by atoms with E-state index in [4.69, 9.17) is 4.74 Å². The van der Waals surface area contributed by atoms with Gasteiger partial charge in [0.05, 0.1) is 7.11 Å². The Hall–Kier alpha value is -1.55. The summed E-state index contributed by atoms with van der Waals surface area (Å²) in [6, 6.07) is 7.99. The number of hydrogen-bond acceptors (Lipinski definition) is 3. The minimum Gasteiger partial charge on any atom is -0.497 e. The number of methoxy groups -OCH3 is 1. The average Bonchev–Trinajstić information content (AvgIpc) is 2.60. The second kappa shape index (κ2) is 9.81. The molecule has 0 aromatic heterocycles. The molecule has 1 fully saturated rings. The van der Waals surface area contributed by atoms with Gasteiger partial charge in [-0.25, -0.2) is 0 Å². The van der Waals surface area contributed by atoms with E-state index >= 15 is 0 Å². The molecule has 4 heteroatoms. The number of benzene rings is 1. The molecule has 0 bridgehead atoms. The molecule has 1 aromatic carbocycles. The molecule has 25 heavy (non-hydrogen) atoms. The molecule has 4 nitrogen and oxygen atoms in total. The molecule has 1 aliphatic rings. The summed E-state index contributed by atoms with van der Waals surface area (Å²) in [5, 5.41) is 3.15. The first-order chi connectivity index (χ1) is 12.0. The van der Waals surface area contributed by atoms with Gasteiger partial charge >= 0.3 is 0 Å². The Morgan fingerprint density at radius 2 is 1.84 bits per heavy atom. The Morgan fingerprint density at radius 1 is 1.20 bits per heavy atom. The average molecular weight is 347 g/mol. The topological polar surface area (TPSA) is 41.6 Å². The van der Waals surface area contributed by atoms with E-state index in [0.717, 1.165) is 18.2 Å². The summed E-state index contributed by atoms with van der Waals surface area (Å²) in [5.41, 5.74) is 1.18. The quantitative estimate of drug-likeness (QED) is 0.781. The SMILES string of the molecule is COc1ccc(C(C)CC(=O)NCC2CCN(CC(C)C)CC2)cc1. The Bertz CT molecular complexity index is 519. The highest BCUT2D eigenvalue weighted by molar-refractivity contribution is 5.76. The van der Waals surface area contributed by atoms with E-state index in [1.807, 2.05) is 24.3 Å². The zero-order valence-electron chi connectivity index (χ0n) is 16.3. The van der Waals surface area contributed by atoms with Gasteiger partial charge in [0.25, 0.3) is 0 Å². The Balaban J connectivity index is 1.68. The van der Waals surface area contributed by atoms with Crippen LogP contribution in [0, 0.1) is 11.8 Å². The lowest BCUT2D eigenvalue weighted by Crippen LogP contribution is -2.40. The molecule has 1 saturated heterocycles. The minimum absolute atomic E-state index is 0.160. The van der Waals surface area contributed by atoms with Crippen LogP contribution in [-0.2, 0) is 4.79 Å². The number of hydrogen-bond donors (Lipinski definition) is 1. The molecule has 1 heterocycles. The van der Waals surface area contributed by atoms with Gasteiger partial charge in [0.15, 0.2) is 0 Å². The Labute approximate surface area is 152 Å². The normalized spacial score (nSPS) is 17.5. The number of amides is 1. The van der Waals surface area contributed by atoms with Crippen molar-refractivity contribution < 1.29 is 9.53 Å². The van der Waals surface area contributed by atoms with Crippen molar-refractivity contribution in [1.82, 2.24) is 10.2 Å². The molecule has 2 rings (SSSR count). The van der Waals surface area contributed by atoms with Crippen molar-refractivity contribution in [1.29, 1.82) is 0 Å². The van der Waals surface area contributed by atoms with Gasteiger partial charge in [0, 0.05) is 19.5 Å². The molecule has 140 valence electrons. The summed E-state index contributed by atoms with van der Waals surface area (Å²) in [5.74, 6) is 2.59. The first-order valence-corrected chi connectivity index (χ1v) is 9.61. The molecular formula is C21H34N2O2. The van der Waals surface area contributed by atoms with Gasteiger partial charge in [-0.2, -0.15) is 0 Å². The molecular weight excluding hydrogens is 312 g/mol. The summed E-state index contributed by atoms with van der Waals surface area (Å²) in [7, 11) is 1.67. The predicted molar refractivity (Wildman–Crippen MR) is 103 cm³/mol. The van der Waals surface area contributed by atoms with Gasteiger partial charge in [-0.05, 0) is 61.4 Å². The van der Waals surface area contributed by atoms with Gasteiger partial charge in [0.1, 0.15) is 5.75 Å². The Morgan fingerprint density at radius 3 is 2.40 bits per heavy atom. The number of nitrogens with one attached hydrogen (secondary N) is 1. The van der Waals surface area contributed by atoms with Crippen LogP contribution in [0.25, 0.3) is 0 Å². The molecule has 1 N–H and O–H groups in total. The van der Waals surface area contributed by atoms with E-state index < -0.39 is 0 Å². The van der Waals surface area contributed by atoms with Crippen LogP contribution in [0.5, 0.6) is 5.75 Å². The lowest BCUT2D eigenvalue weighted by Gasteiger charge is -2.33. The van der Waals surface area contributed by atoms with Crippen LogP contribution in [0.4, 0.5) is 0 Å². The number of carbonyl (C=O) groups excluding carboxylic acids is 1. The van der Waals surface area contributed by atoms with Gasteiger partial charge in [-0.15, -0.1) is 0 Å². The molecule has 1 aromatic rings. The number of nitrogens with zero attached hydrogens (tertiary/aromatic N) is 1. The summed E-state index contributed by atoms with van der Waals surface area (Å²) in [4.78, 5) is 14.8. The number of rotatable bonds is 8. The van der Waals surface area contributed by atoms with E-state index in [1.54, 1.807) is 7.11 Å². The first kappa shape index (κ1) is 19.8.